The average molecular weight is 405 g/mol. The molecule has 154 valence electrons. The molecule has 5 atom stereocenters. The lowest BCUT2D eigenvalue weighted by Gasteiger charge is -2.49. The maximum atomic E-state index is 6.76. The Bertz CT molecular complexity index is 693. The van der Waals surface area contributed by atoms with E-state index in [9.17, 15) is 0 Å². The molecule has 2 heterocycles. The number of fused-ring (bicyclic) bond motifs is 1. The molecular weight excluding hydrogens is 372 g/mol. The van der Waals surface area contributed by atoms with Crippen molar-refractivity contribution in [1.29, 1.82) is 0 Å². The standard InChI is InChI=1S/C22H32O5Si/c1-7-13-23-19-14-17(27-28(5,6)22(2,3)4)20-18(25-19)15-24-21(26-20)16-11-9-8-10-12-16/h8-13,17-21H,1,14-15H2,2-6H3/t17-,18+,19-,20-,21+/m0/s1. The van der Waals surface area contributed by atoms with E-state index in [4.69, 9.17) is 23.4 Å². The summed E-state index contributed by atoms with van der Waals surface area (Å²) in [4.78, 5) is 0. The van der Waals surface area contributed by atoms with Crippen molar-refractivity contribution in [3.63, 3.8) is 0 Å². The summed E-state index contributed by atoms with van der Waals surface area (Å²) in [5, 5.41) is 0.0994. The van der Waals surface area contributed by atoms with Gasteiger partial charge in [-0.05, 0) is 18.1 Å². The molecule has 2 aliphatic rings. The van der Waals surface area contributed by atoms with Crippen LogP contribution in [-0.2, 0) is 23.4 Å². The van der Waals surface area contributed by atoms with Crippen molar-refractivity contribution in [2.75, 3.05) is 6.61 Å². The van der Waals surface area contributed by atoms with Crippen LogP contribution in [0.25, 0.3) is 0 Å². The lowest BCUT2D eigenvalue weighted by Crippen LogP contribution is -2.59. The van der Waals surface area contributed by atoms with Gasteiger partial charge in [0.2, 0.25) is 6.29 Å². The van der Waals surface area contributed by atoms with Crippen molar-refractivity contribution in [2.45, 2.75) is 76.2 Å². The fourth-order valence-electron chi connectivity index (χ4n) is 3.23. The van der Waals surface area contributed by atoms with Gasteiger partial charge in [-0.15, -0.1) is 0 Å². The zero-order valence-electron chi connectivity index (χ0n) is 17.5. The van der Waals surface area contributed by atoms with Crippen molar-refractivity contribution in [3.8, 4) is 0 Å². The van der Waals surface area contributed by atoms with Crippen molar-refractivity contribution in [2.24, 2.45) is 0 Å². The summed E-state index contributed by atoms with van der Waals surface area (Å²) >= 11 is 0. The van der Waals surface area contributed by atoms with Gasteiger partial charge in [0.1, 0.15) is 18.5 Å². The second-order valence-corrected chi connectivity index (χ2v) is 13.6. The molecule has 28 heavy (non-hydrogen) atoms. The first-order chi connectivity index (χ1) is 13.2. The summed E-state index contributed by atoms with van der Waals surface area (Å²) in [5.41, 5.74) is 3.63. The monoisotopic (exact) mass is 404 g/mol. The van der Waals surface area contributed by atoms with E-state index < -0.39 is 20.9 Å². The van der Waals surface area contributed by atoms with Crippen LogP contribution in [-0.4, -0.2) is 39.5 Å². The molecule has 2 fully saturated rings. The van der Waals surface area contributed by atoms with Crippen molar-refractivity contribution in [1.82, 2.24) is 0 Å². The molecule has 6 heteroatoms. The minimum Gasteiger partial charge on any atom is -0.464 e. The van der Waals surface area contributed by atoms with Gasteiger partial charge in [0.25, 0.3) is 0 Å². The molecule has 0 saturated carbocycles. The second kappa shape index (κ2) is 8.53. The third-order valence-electron chi connectivity index (χ3n) is 5.80. The number of hydrogen-bond acceptors (Lipinski definition) is 5. The lowest BCUT2D eigenvalue weighted by molar-refractivity contribution is -0.329. The number of ether oxygens (including phenoxy) is 4. The SMILES string of the molecule is C=C=CO[C@@H]1C[C@H](O[Si](C)(C)C(C)(C)C)[C@@H]2O[C@H](c3ccccc3)OC[C@H]2O1. The van der Waals surface area contributed by atoms with Crippen molar-refractivity contribution >= 4 is 8.32 Å². The normalized spacial score (nSPS) is 30.8. The van der Waals surface area contributed by atoms with Crippen LogP contribution in [0.2, 0.25) is 18.1 Å². The third kappa shape index (κ3) is 4.77. The number of hydrogen-bond donors (Lipinski definition) is 0. The Kier molecular flexibility index (Phi) is 6.50. The molecule has 0 amide bonds. The Hall–Kier alpha value is -1.40. The van der Waals surface area contributed by atoms with Crippen LogP contribution < -0.4 is 0 Å². The van der Waals surface area contributed by atoms with Gasteiger partial charge in [-0.3, -0.25) is 0 Å². The first-order valence-corrected chi connectivity index (χ1v) is 12.8. The van der Waals surface area contributed by atoms with E-state index in [0.717, 1.165) is 5.56 Å². The molecule has 2 saturated heterocycles. The Morgan fingerprint density at radius 1 is 1.18 bits per heavy atom. The summed E-state index contributed by atoms with van der Waals surface area (Å²) in [5.74, 6) is 0. The second-order valence-electron chi connectivity index (χ2n) is 8.89. The van der Waals surface area contributed by atoms with Gasteiger partial charge in [0.05, 0.1) is 12.7 Å². The first kappa shape index (κ1) is 21.3. The lowest BCUT2D eigenvalue weighted by atomic mass is 10.0. The van der Waals surface area contributed by atoms with Gasteiger partial charge in [-0.1, -0.05) is 63.4 Å². The summed E-state index contributed by atoms with van der Waals surface area (Å²) in [7, 11) is -2.00. The predicted octanol–water partition coefficient (Wildman–Crippen LogP) is 4.92. The highest BCUT2D eigenvalue weighted by molar-refractivity contribution is 6.74. The quantitative estimate of drug-likeness (QED) is 0.396. The average Bonchev–Trinajstić information content (AvgIpc) is 2.65. The molecule has 1 aromatic carbocycles. The molecule has 0 radical (unpaired) electrons. The highest BCUT2D eigenvalue weighted by atomic mass is 28.4. The van der Waals surface area contributed by atoms with Gasteiger partial charge in [0.15, 0.2) is 14.6 Å². The zero-order valence-corrected chi connectivity index (χ0v) is 18.5. The molecule has 0 aromatic heterocycles. The smallest absolute Gasteiger partial charge is 0.202 e. The Morgan fingerprint density at radius 3 is 2.54 bits per heavy atom. The summed E-state index contributed by atoms with van der Waals surface area (Å²) in [6.07, 6.45) is 0.608. The van der Waals surface area contributed by atoms with E-state index in [-0.39, 0.29) is 23.4 Å². The van der Waals surface area contributed by atoms with E-state index >= 15 is 0 Å². The van der Waals surface area contributed by atoms with E-state index in [1.165, 1.54) is 6.26 Å². The van der Waals surface area contributed by atoms with E-state index in [0.29, 0.717) is 13.0 Å². The molecule has 5 nitrogen and oxygen atoms in total. The van der Waals surface area contributed by atoms with Crippen LogP contribution in [0.3, 0.4) is 0 Å². The van der Waals surface area contributed by atoms with Gasteiger partial charge >= 0.3 is 0 Å². The summed E-state index contributed by atoms with van der Waals surface area (Å²) < 4.78 is 30.8. The van der Waals surface area contributed by atoms with Crippen LogP contribution in [0, 0.1) is 0 Å². The first-order valence-electron chi connectivity index (χ1n) is 9.86. The topological polar surface area (TPSA) is 46.2 Å². The van der Waals surface area contributed by atoms with E-state index in [1.807, 2.05) is 30.3 Å². The van der Waals surface area contributed by atoms with Crippen LogP contribution in [0.4, 0.5) is 0 Å². The maximum absolute atomic E-state index is 6.76. The fourth-order valence-corrected chi connectivity index (χ4v) is 4.57. The molecule has 0 unspecified atom stereocenters. The minimum atomic E-state index is -2.00. The zero-order chi connectivity index (χ0) is 20.4. The minimum absolute atomic E-state index is 0.0994. The number of rotatable bonds is 5. The van der Waals surface area contributed by atoms with Crippen LogP contribution >= 0.6 is 0 Å². The van der Waals surface area contributed by atoms with Gasteiger partial charge in [0, 0.05) is 12.0 Å². The largest absolute Gasteiger partial charge is 0.464 e. The van der Waals surface area contributed by atoms with Crippen molar-refractivity contribution in [3.05, 3.63) is 54.5 Å². The van der Waals surface area contributed by atoms with Crippen LogP contribution in [0.5, 0.6) is 0 Å². The molecule has 0 aliphatic carbocycles. The molecular formula is C22H32O5Si. The van der Waals surface area contributed by atoms with Crippen molar-refractivity contribution < 1.29 is 23.4 Å². The third-order valence-corrected chi connectivity index (χ3v) is 10.3. The Balaban J connectivity index is 1.81. The number of benzene rings is 1. The van der Waals surface area contributed by atoms with Gasteiger partial charge in [-0.2, -0.15) is 0 Å². The highest BCUT2D eigenvalue weighted by Crippen LogP contribution is 2.41. The molecule has 3 rings (SSSR count). The Labute approximate surface area is 169 Å². The predicted molar refractivity (Wildman–Crippen MR) is 110 cm³/mol. The van der Waals surface area contributed by atoms with E-state index in [2.05, 4.69) is 46.2 Å². The molecule has 2 aliphatic heterocycles. The fraction of sp³-hybridized carbons (Fsp3) is 0.591. The summed E-state index contributed by atoms with van der Waals surface area (Å²) in [6, 6.07) is 9.98. The van der Waals surface area contributed by atoms with Crippen LogP contribution in [0.1, 0.15) is 39.0 Å². The van der Waals surface area contributed by atoms with E-state index in [1.54, 1.807) is 0 Å². The van der Waals surface area contributed by atoms with Gasteiger partial charge < -0.3 is 23.4 Å². The van der Waals surface area contributed by atoms with Crippen LogP contribution in [0.15, 0.2) is 48.9 Å². The molecule has 0 N–H and O–H groups in total. The molecule has 0 bridgehead atoms. The summed E-state index contributed by atoms with van der Waals surface area (Å²) in [6.45, 7) is 15.2. The highest BCUT2D eigenvalue weighted by Gasteiger charge is 2.49. The molecule has 0 spiro atoms. The maximum Gasteiger partial charge on any atom is 0.202 e. The Morgan fingerprint density at radius 2 is 1.89 bits per heavy atom. The van der Waals surface area contributed by atoms with Gasteiger partial charge in [-0.25, -0.2) is 0 Å². The molecule has 1 aromatic rings.